The number of benzene rings is 1. The Balaban J connectivity index is 1.76. The molecule has 0 saturated carbocycles. The molecular weight excluding hydrogens is 340 g/mol. The molecule has 2 aromatic rings. The number of aromatic nitrogens is 1. The second-order valence-electron chi connectivity index (χ2n) is 6.57. The van der Waals surface area contributed by atoms with Gasteiger partial charge in [-0.05, 0) is 38.4 Å². The summed E-state index contributed by atoms with van der Waals surface area (Å²) in [5.41, 5.74) is 1.40. The zero-order chi connectivity index (χ0) is 17.8. The number of anilines is 1. The van der Waals surface area contributed by atoms with Crippen LogP contribution < -0.4 is 5.32 Å². The van der Waals surface area contributed by atoms with Gasteiger partial charge in [-0.3, -0.25) is 4.98 Å². The van der Waals surface area contributed by atoms with Gasteiger partial charge in [0.2, 0.25) is 0 Å². The Hall–Kier alpha value is -1.89. The number of rotatable bonds is 3. The van der Waals surface area contributed by atoms with Gasteiger partial charge in [0, 0.05) is 37.1 Å². The summed E-state index contributed by atoms with van der Waals surface area (Å²) >= 11 is 6.20. The fourth-order valence-electron chi connectivity index (χ4n) is 3.13. The molecular formula is C18H23ClN4O2. The molecule has 0 radical (unpaired) electrons. The molecule has 1 aromatic heterocycles. The van der Waals surface area contributed by atoms with Gasteiger partial charge >= 0.3 is 6.03 Å². The van der Waals surface area contributed by atoms with Crippen molar-refractivity contribution in [3.63, 3.8) is 0 Å². The highest BCUT2D eigenvalue weighted by Crippen LogP contribution is 2.28. The topological polar surface area (TPSA) is 57.7 Å². The van der Waals surface area contributed by atoms with Crippen molar-refractivity contribution in [2.75, 3.05) is 52.3 Å². The van der Waals surface area contributed by atoms with Crippen molar-refractivity contribution in [2.45, 2.75) is 0 Å². The van der Waals surface area contributed by atoms with Crippen LogP contribution in [0.1, 0.15) is 0 Å². The van der Waals surface area contributed by atoms with E-state index in [1.807, 2.05) is 37.2 Å². The lowest BCUT2D eigenvalue weighted by molar-refractivity contribution is 0.112. The van der Waals surface area contributed by atoms with Crippen molar-refractivity contribution in [3.05, 3.63) is 35.5 Å². The Bertz CT molecular complexity index is 753. The van der Waals surface area contributed by atoms with Crippen LogP contribution in [0.5, 0.6) is 0 Å². The van der Waals surface area contributed by atoms with Crippen molar-refractivity contribution in [1.82, 2.24) is 14.8 Å². The monoisotopic (exact) mass is 362 g/mol. The minimum absolute atomic E-state index is 0.123. The standard InChI is InChI=1S/C18H23ClN4O2/c1-22(2)10-13-11-23(8-9-25-12-13)18(24)21-16-6-5-15(19)17-14(16)4-3-7-20-17/h3-7,13H,8-12H2,1-2H3,(H,21,24)/t13-/m0/s1. The van der Waals surface area contributed by atoms with E-state index in [-0.39, 0.29) is 6.03 Å². The third-order valence-corrected chi connectivity index (χ3v) is 4.52. The zero-order valence-corrected chi connectivity index (χ0v) is 15.3. The van der Waals surface area contributed by atoms with Gasteiger partial charge in [-0.2, -0.15) is 0 Å². The number of fused-ring (bicyclic) bond motifs is 1. The molecule has 1 aliphatic rings. The highest BCUT2D eigenvalue weighted by atomic mass is 35.5. The largest absolute Gasteiger partial charge is 0.379 e. The highest BCUT2D eigenvalue weighted by molar-refractivity contribution is 6.35. The van der Waals surface area contributed by atoms with Gasteiger partial charge in [-0.25, -0.2) is 4.79 Å². The fourth-order valence-corrected chi connectivity index (χ4v) is 3.35. The molecule has 0 spiro atoms. The van der Waals surface area contributed by atoms with Gasteiger partial charge < -0.3 is 19.9 Å². The van der Waals surface area contributed by atoms with Crippen molar-refractivity contribution < 1.29 is 9.53 Å². The maximum absolute atomic E-state index is 12.8. The smallest absolute Gasteiger partial charge is 0.321 e. The van der Waals surface area contributed by atoms with E-state index in [1.165, 1.54) is 0 Å². The number of nitrogens with one attached hydrogen (secondary N) is 1. The van der Waals surface area contributed by atoms with E-state index in [9.17, 15) is 4.79 Å². The average Bonchev–Trinajstić information content (AvgIpc) is 2.82. The summed E-state index contributed by atoms with van der Waals surface area (Å²) in [4.78, 5) is 21.0. The lowest BCUT2D eigenvalue weighted by Crippen LogP contribution is -2.41. The van der Waals surface area contributed by atoms with Crippen LogP contribution in [0.4, 0.5) is 10.5 Å². The molecule has 134 valence electrons. The molecule has 0 bridgehead atoms. The molecule has 2 amide bonds. The van der Waals surface area contributed by atoms with E-state index in [4.69, 9.17) is 16.3 Å². The molecule has 1 aliphatic heterocycles. The highest BCUT2D eigenvalue weighted by Gasteiger charge is 2.23. The van der Waals surface area contributed by atoms with Crippen LogP contribution in [0.3, 0.4) is 0 Å². The molecule has 2 heterocycles. The summed E-state index contributed by atoms with van der Waals surface area (Å²) in [6.45, 7) is 3.38. The van der Waals surface area contributed by atoms with Crippen molar-refractivity contribution in [1.29, 1.82) is 0 Å². The van der Waals surface area contributed by atoms with Gasteiger partial charge in [-0.1, -0.05) is 11.6 Å². The molecule has 7 heteroatoms. The number of amides is 2. The third-order valence-electron chi connectivity index (χ3n) is 4.21. The molecule has 6 nitrogen and oxygen atoms in total. The number of hydrogen-bond acceptors (Lipinski definition) is 4. The molecule has 3 rings (SSSR count). The molecule has 1 fully saturated rings. The minimum Gasteiger partial charge on any atom is -0.379 e. The summed E-state index contributed by atoms with van der Waals surface area (Å²) in [7, 11) is 4.06. The van der Waals surface area contributed by atoms with Gasteiger partial charge in [0.25, 0.3) is 0 Å². The van der Waals surface area contributed by atoms with Crippen LogP contribution in [0.2, 0.25) is 5.02 Å². The number of ether oxygens (including phenoxy) is 1. The lowest BCUT2D eigenvalue weighted by atomic mass is 10.1. The van der Waals surface area contributed by atoms with Crippen LogP contribution in [0.15, 0.2) is 30.5 Å². The summed E-state index contributed by atoms with van der Waals surface area (Å²) < 4.78 is 5.65. The minimum atomic E-state index is -0.123. The van der Waals surface area contributed by atoms with E-state index < -0.39 is 0 Å². The first kappa shape index (κ1) is 17.9. The Labute approximate surface area is 152 Å². The van der Waals surface area contributed by atoms with Crippen molar-refractivity contribution in [2.24, 2.45) is 5.92 Å². The first-order valence-corrected chi connectivity index (χ1v) is 8.74. The Morgan fingerprint density at radius 1 is 1.44 bits per heavy atom. The number of halogens is 1. The number of pyridine rings is 1. The summed E-state index contributed by atoms with van der Waals surface area (Å²) in [5, 5.41) is 4.41. The van der Waals surface area contributed by atoms with Gasteiger partial charge in [0.1, 0.15) is 0 Å². The van der Waals surface area contributed by atoms with E-state index in [0.29, 0.717) is 48.4 Å². The van der Waals surface area contributed by atoms with E-state index in [1.54, 1.807) is 12.3 Å². The Kier molecular flexibility index (Phi) is 5.73. The summed E-state index contributed by atoms with van der Waals surface area (Å²) in [6.07, 6.45) is 1.69. The fraction of sp³-hybridized carbons (Fsp3) is 0.444. The van der Waals surface area contributed by atoms with E-state index >= 15 is 0 Å². The van der Waals surface area contributed by atoms with E-state index in [2.05, 4.69) is 15.2 Å². The summed E-state index contributed by atoms with van der Waals surface area (Å²) in [6, 6.07) is 7.19. The Morgan fingerprint density at radius 2 is 2.28 bits per heavy atom. The quantitative estimate of drug-likeness (QED) is 0.912. The number of hydrogen-bond donors (Lipinski definition) is 1. The molecule has 1 N–H and O–H groups in total. The predicted octanol–water partition coefficient (Wildman–Crippen LogP) is 2.93. The van der Waals surface area contributed by atoms with Crippen LogP contribution in [0, 0.1) is 5.92 Å². The van der Waals surface area contributed by atoms with Crippen molar-refractivity contribution >= 4 is 34.2 Å². The second kappa shape index (κ2) is 7.99. The van der Waals surface area contributed by atoms with Crippen LogP contribution >= 0.6 is 11.6 Å². The normalized spacial score (nSPS) is 18.4. The van der Waals surface area contributed by atoms with Crippen LogP contribution in [-0.4, -0.2) is 67.8 Å². The van der Waals surface area contributed by atoms with Gasteiger partial charge in [0.05, 0.1) is 29.4 Å². The lowest BCUT2D eigenvalue weighted by Gasteiger charge is -2.25. The van der Waals surface area contributed by atoms with Gasteiger partial charge in [-0.15, -0.1) is 0 Å². The average molecular weight is 363 g/mol. The number of nitrogens with zero attached hydrogens (tertiary/aromatic N) is 3. The Morgan fingerprint density at radius 3 is 3.08 bits per heavy atom. The maximum atomic E-state index is 12.8. The summed E-state index contributed by atoms with van der Waals surface area (Å²) in [5.74, 6) is 0.298. The van der Waals surface area contributed by atoms with Crippen molar-refractivity contribution in [3.8, 4) is 0 Å². The first-order valence-electron chi connectivity index (χ1n) is 8.36. The molecule has 1 aromatic carbocycles. The molecule has 0 unspecified atom stereocenters. The predicted molar refractivity (Wildman–Crippen MR) is 100 cm³/mol. The molecule has 1 atom stereocenters. The van der Waals surface area contributed by atoms with Crippen LogP contribution in [0.25, 0.3) is 10.9 Å². The van der Waals surface area contributed by atoms with Crippen LogP contribution in [-0.2, 0) is 4.74 Å². The molecule has 1 saturated heterocycles. The number of carbonyl (C=O) groups is 1. The number of urea groups is 1. The number of carbonyl (C=O) groups excluding carboxylic acids is 1. The van der Waals surface area contributed by atoms with Gasteiger partial charge in [0.15, 0.2) is 0 Å². The SMILES string of the molecule is CN(C)C[C@@H]1COCCN(C(=O)Nc2ccc(Cl)c3ncccc23)C1. The zero-order valence-electron chi connectivity index (χ0n) is 14.5. The first-order chi connectivity index (χ1) is 12.0. The maximum Gasteiger partial charge on any atom is 0.321 e. The molecule has 0 aliphatic carbocycles. The van der Waals surface area contributed by atoms with E-state index in [0.717, 1.165) is 11.9 Å². The third kappa shape index (κ3) is 4.39. The second-order valence-corrected chi connectivity index (χ2v) is 6.98. The molecule has 25 heavy (non-hydrogen) atoms.